The summed E-state index contributed by atoms with van der Waals surface area (Å²) >= 11 is 0. The minimum absolute atomic E-state index is 0.275. The van der Waals surface area contributed by atoms with Crippen LogP contribution in [0.3, 0.4) is 0 Å². The number of Topliss-reactive ketones (excluding diaryl/α,β-unsaturated/α-hetero) is 1. The lowest BCUT2D eigenvalue weighted by molar-refractivity contribution is -0.117. The molecule has 0 amide bonds. The summed E-state index contributed by atoms with van der Waals surface area (Å²) in [5.74, 6) is 1.33. The van der Waals surface area contributed by atoms with Crippen molar-refractivity contribution in [3.63, 3.8) is 0 Å². The van der Waals surface area contributed by atoms with Gasteiger partial charge in [-0.25, -0.2) is 4.98 Å². The van der Waals surface area contributed by atoms with Crippen molar-refractivity contribution in [1.82, 2.24) is 15.3 Å². The number of hydrogen-bond donors (Lipinski definition) is 2. The van der Waals surface area contributed by atoms with Crippen LogP contribution in [-0.2, 0) is 11.3 Å². The Kier molecular flexibility index (Phi) is 3.56. The Morgan fingerprint density at radius 3 is 3.25 bits per heavy atom. The van der Waals surface area contributed by atoms with Gasteiger partial charge < -0.3 is 14.7 Å². The molecule has 0 aromatic carbocycles. The predicted molar refractivity (Wildman–Crippen MR) is 62.2 cm³/mol. The lowest BCUT2D eigenvalue weighted by atomic mass is 10.2. The highest BCUT2D eigenvalue weighted by molar-refractivity contribution is 5.75. The van der Waals surface area contributed by atoms with Crippen molar-refractivity contribution < 1.29 is 4.79 Å². The molecule has 2 rings (SSSR count). The molecule has 5 nitrogen and oxygen atoms in total. The van der Waals surface area contributed by atoms with Gasteiger partial charge in [0.05, 0.1) is 18.7 Å². The van der Waals surface area contributed by atoms with Crippen LogP contribution in [-0.4, -0.2) is 29.0 Å². The van der Waals surface area contributed by atoms with E-state index in [1.807, 2.05) is 0 Å². The van der Waals surface area contributed by atoms with Crippen LogP contribution in [0.1, 0.15) is 31.9 Å². The number of imidazole rings is 1. The fourth-order valence-corrected chi connectivity index (χ4v) is 1.97. The average molecular weight is 222 g/mol. The minimum atomic E-state index is 0.275. The Morgan fingerprint density at radius 1 is 1.56 bits per heavy atom. The molecule has 2 heterocycles. The Bertz CT molecular complexity index is 361. The van der Waals surface area contributed by atoms with E-state index in [0.29, 0.717) is 6.42 Å². The van der Waals surface area contributed by atoms with E-state index in [1.165, 1.54) is 0 Å². The van der Waals surface area contributed by atoms with E-state index >= 15 is 0 Å². The summed E-state index contributed by atoms with van der Waals surface area (Å²) in [6.07, 6.45) is 4.42. The van der Waals surface area contributed by atoms with Gasteiger partial charge in [0.2, 0.25) is 0 Å². The number of aromatic nitrogens is 2. The van der Waals surface area contributed by atoms with Gasteiger partial charge in [0.25, 0.3) is 0 Å². The Hall–Kier alpha value is -1.36. The largest absolute Gasteiger partial charge is 0.346 e. The van der Waals surface area contributed by atoms with Crippen LogP contribution in [0.4, 0.5) is 5.82 Å². The standard InChI is InChI=1S/C11H18N4O/c1-9(16)4-2-3-5-15-8-12-6-10-11(15)14-7-13-10/h7,12H,2-6,8H2,1H3,(H,13,14). The SMILES string of the molecule is CC(=O)CCCCN1CNCc2[nH]cnc21. The van der Waals surface area contributed by atoms with E-state index in [0.717, 1.165) is 44.1 Å². The first kappa shape index (κ1) is 11.1. The Labute approximate surface area is 95.2 Å². The van der Waals surface area contributed by atoms with Crippen LogP contribution in [0.25, 0.3) is 0 Å². The molecule has 88 valence electrons. The van der Waals surface area contributed by atoms with Crippen molar-refractivity contribution in [1.29, 1.82) is 0 Å². The first-order chi connectivity index (χ1) is 7.77. The normalized spacial score (nSPS) is 14.9. The van der Waals surface area contributed by atoms with Gasteiger partial charge in [-0.3, -0.25) is 5.32 Å². The molecule has 1 aromatic rings. The van der Waals surface area contributed by atoms with E-state index in [-0.39, 0.29) is 5.78 Å². The zero-order valence-electron chi connectivity index (χ0n) is 9.62. The van der Waals surface area contributed by atoms with E-state index in [9.17, 15) is 4.79 Å². The number of aromatic amines is 1. The summed E-state index contributed by atoms with van der Waals surface area (Å²) in [6, 6.07) is 0. The zero-order valence-corrected chi connectivity index (χ0v) is 9.62. The molecule has 0 saturated carbocycles. The summed E-state index contributed by atoms with van der Waals surface area (Å²) in [5, 5.41) is 3.31. The van der Waals surface area contributed by atoms with Crippen molar-refractivity contribution in [2.24, 2.45) is 0 Å². The van der Waals surface area contributed by atoms with Crippen molar-refractivity contribution in [2.45, 2.75) is 32.7 Å². The number of nitrogens with zero attached hydrogens (tertiary/aromatic N) is 2. The van der Waals surface area contributed by atoms with Crippen LogP contribution < -0.4 is 10.2 Å². The molecule has 0 atom stereocenters. The summed E-state index contributed by atoms with van der Waals surface area (Å²) in [6.45, 7) is 4.31. The van der Waals surface area contributed by atoms with Crippen LogP contribution in [0.5, 0.6) is 0 Å². The number of carbonyl (C=O) groups is 1. The number of rotatable bonds is 5. The van der Waals surface area contributed by atoms with Crippen molar-refractivity contribution in [2.75, 3.05) is 18.1 Å². The summed E-state index contributed by atoms with van der Waals surface area (Å²) in [4.78, 5) is 20.5. The van der Waals surface area contributed by atoms with E-state index in [1.54, 1.807) is 13.3 Å². The summed E-state index contributed by atoms with van der Waals surface area (Å²) < 4.78 is 0. The van der Waals surface area contributed by atoms with Gasteiger partial charge >= 0.3 is 0 Å². The smallest absolute Gasteiger partial charge is 0.152 e. The first-order valence-electron chi connectivity index (χ1n) is 5.74. The lowest BCUT2D eigenvalue weighted by Crippen LogP contribution is -2.39. The van der Waals surface area contributed by atoms with Gasteiger partial charge in [-0.2, -0.15) is 0 Å². The van der Waals surface area contributed by atoms with Crippen LogP contribution >= 0.6 is 0 Å². The van der Waals surface area contributed by atoms with E-state index in [2.05, 4.69) is 20.2 Å². The van der Waals surface area contributed by atoms with Crippen LogP contribution in [0, 0.1) is 0 Å². The number of hydrogen-bond acceptors (Lipinski definition) is 4. The molecule has 1 aromatic heterocycles. The molecule has 5 heteroatoms. The third kappa shape index (κ3) is 2.61. The molecule has 1 aliphatic heterocycles. The molecule has 0 radical (unpaired) electrons. The number of fused-ring (bicyclic) bond motifs is 1. The fraction of sp³-hybridized carbons (Fsp3) is 0.636. The lowest BCUT2D eigenvalue weighted by Gasteiger charge is -2.28. The number of nitrogens with one attached hydrogen (secondary N) is 2. The highest BCUT2D eigenvalue weighted by atomic mass is 16.1. The van der Waals surface area contributed by atoms with Crippen LogP contribution in [0.2, 0.25) is 0 Å². The fourth-order valence-electron chi connectivity index (χ4n) is 1.97. The van der Waals surface area contributed by atoms with Crippen molar-refractivity contribution >= 4 is 11.6 Å². The molecule has 0 aliphatic carbocycles. The molecule has 16 heavy (non-hydrogen) atoms. The third-order valence-corrected chi connectivity index (χ3v) is 2.81. The number of carbonyl (C=O) groups excluding carboxylic acids is 1. The topological polar surface area (TPSA) is 61.0 Å². The molecular weight excluding hydrogens is 204 g/mol. The molecule has 0 bridgehead atoms. The van der Waals surface area contributed by atoms with Gasteiger partial charge in [0.15, 0.2) is 5.82 Å². The van der Waals surface area contributed by atoms with Gasteiger partial charge in [-0.15, -0.1) is 0 Å². The molecule has 0 unspecified atom stereocenters. The summed E-state index contributed by atoms with van der Waals surface area (Å²) in [5.41, 5.74) is 1.15. The Morgan fingerprint density at radius 2 is 2.44 bits per heavy atom. The molecule has 2 N–H and O–H groups in total. The van der Waals surface area contributed by atoms with Gasteiger partial charge in [-0.1, -0.05) is 0 Å². The predicted octanol–water partition coefficient (Wildman–Crippen LogP) is 1.04. The second-order valence-corrected chi connectivity index (χ2v) is 4.21. The van der Waals surface area contributed by atoms with Gasteiger partial charge in [0.1, 0.15) is 5.78 Å². The molecule has 0 saturated heterocycles. The van der Waals surface area contributed by atoms with Crippen molar-refractivity contribution in [3.05, 3.63) is 12.0 Å². The van der Waals surface area contributed by atoms with Crippen LogP contribution in [0.15, 0.2) is 6.33 Å². The maximum Gasteiger partial charge on any atom is 0.152 e. The molecule has 0 spiro atoms. The van der Waals surface area contributed by atoms with Gasteiger partial charge in [0, 0.05) is 19.5 Å². The van der Waals surface area contributed by atoms with E-state index < -0.39 is 0 Å². The monoisotopic (exact) mass is 222 g/mol. The Balaban J connectivity index is 1.81. The zero-order chi connectivity index (χ0) is 11.4. The van der Waals surface area contributed by atoms with E-state index in [4.69, 9.17) is 0 Å². The minimum Gasteiger partial charge on any atom is -0.346 e. The molecule has 0 fully saturated rings. The first-order valence-corrected chi connectivity index (χ1v) is 5.74. The number of unbranched alkanes of at least 4 members (excludes halogenated alkanes) is 1. The molecular formula is C11H18N4O. The third-order valence-electron chi connectivity index (χ3n) is 2.81. The number of H-pyrrole nitrogens is 1. The average Bonchev–Trinajstić information content (AvgIpc) is 2.72. The number of anilines is 1. The quantitative estimate of drug-likeness (QED) is 0.731. The highest BCUT2D eigenvalue weighted by Crippen LogP contribution is 2.19. The summed E-state index contributed by atoms with van der Waals surface area (Å²) in [7, 11) is 0. The molecule has 1 aliphatic rings. The second-order valence-electron chi connectivity index (χ2n) is 4.21. The highest BCUT2D eigenvalue weighted by Gasteiger charge is 2.17. The van der Waals surface area contributed by atoms with Gasteiger partial charge in [-0.05, 0) is 19.8 Å². The van der Waals surface area contributed by atoms with Crippen molar-refractivity contribution in [3.8, 4) is 0 Å². The maximum absolute atomic E-state index is 10.8. The second kappa shape index (κ2) is 5.12. The number of ketones is 1. The maximum atomic E-state index is 10.8.